The minimum Gasteiger partial charge on any atom is -0.369 e. The maximum Gasteiger partial charge on any atom is 0.257 e. The molecule has 2 aromatic carbocycles. The number of amides is 1. The summed E-state index contributed by atoms with van der Waals surface area (Å²) < 4.78 is 5.30. The van der Waals surface area contributed by atoms with Crippen molar-refractivity contribution in [3.8, 4) is 11.3 Å². The highest BCUT2D eigenvalue weighted by Gasteiger charge is 2.28. The molecule has 0 saturated carbocycles. The summed E-state index contributed by atoms with van der Waals surface area (Å²) in [6.07, 6.45) is 0.895. The fraction of sp³-hybridized carbons (Fsp3) is 0.238. The molecule has 1 amide bonds. The van der Waals surface area contributed by atoms with E-state index in [0.717, 1.165) is 19.5 Å². The summed E-state index contributed by atoms with van der Waals surface area (Å²) in [5, 5.41) is 7.74. The van der Waals surface area contributed by atoms with Crippen molar-refractivity contribution < 1.29 is 9.32 Å². The van der Waals surface area contributed by atoms with Crippen LogP contribution in [0.15, 0.2) is 59.1 Å². The molecule has 3 aromatic rings. The van der Waals surface area contributed by atoms with E-state index in [9.17, 15) is 4.79 Å². The van der Waals surface area contributed by atoms with Gasteiger partial charge in [-0.05, 0) is 31.5 Å². The van der Waals surface area contributed by atoms with Crippen LogP contribution in [0.5, 0.6) is 0 Å². The average Bonchev–Trinajstić information content (AvgIpc) is 3.29. The molecule has 1 aliphatic heterocycles. The first kappa shape index (κ1) is 17.6. The van der Waals surface area contributed by atoms with Crippen molar-refractivity contribution in [2.45, 2.75) is 19.4 Å². The minimum atomic E-state index is -0.177. The lowest BCUT2D eigenvalue weighted by Gasteiger charge is -2.19. The van der Waals surface area contributed by atoms with Crippen LogP contribution in [0.3, 0.4) is 0 Å². The summed E-state index contributed by atoms with van der Waals surface area (Å²) in [5.74, 6) is 0.309. The number of aryl methyl sites for hydroxylation is 1. The van der Waals surface area contributed by atoms with Gasteiger partial charge in [-0.25, -0.2) is 0 Å². The Morgan fingerprint density at radius 3 is 2.70 bits per heavy atom. The van der Waals surface area contributed by atoms with Crippen molar-refractivity contribution in [3.63, 3.8) is 0 Å². The second-order valence-corrected chi connectivity index (χ2v) is 7.09. The maximum atomic E-state index is 13.0. The first-order chi connectivity index (χ1) is 13.1. The summed E-state index contributed by atoms with van der Waals surface area (Å²) >= 11 is 6.28. The molecule has 1 atom stereocenters. The lowest BCUT2D eigenvalue weighted by atomic mass is 10.1. The van der Waals surface area contributed by atoms with Crippen molar-refractivity contribution in [1.29, 1.82) is 0 Å². The van der Waals surface area contributed by atoms with E-state index >= 15 is 0 Å². The normalized spacial score (nSPS) is 16.5. The van der Waals surface area contributed by atoms with Crippen molar-refractivity contribution >= 4 is 23.2 Å². The molecule has 1 unspecified atom stereocenters. The molecule has 1 N–H and O–H groups in total. The van der Waals surface area contributed by atoms with Gasteiger partial charge in [-0.15, -0.1) is 0 Å². The molecule has 0 radical (unpaired) electrons. The molecule has 0 bridgehead atoms. The van der Waals surface area contributed by atoms with Crippen molar-refractivity contribution in [2.24, 2.45) is 0 Å². The van der Waals surface area contributed by atoms with E-state index in [1.54, 1.807) is 13.0 Å². The first-order valence-corrected chi connectivity index (χ1v) is 9.33. The molecular weight excluding hydrogens is 362 g/mol. The van der Waals surface area contributed by atoms with Gasteiger partial charge in [0.25, 0.3) is 5.91 Å². The zero-order chi connectivity index (χ0) is 18.8. The van der Waals surface area contributed by atoms with Crippen LogP contribution >= 0.6 is 11.6 Å². The number of aromatic nitrogens is 1. The molecule has 138 valence electrons. The molecule has 27 heavy (non-hydrogen) atoms. The summed E-state index contributed by atoms with van der Waals surface area (Å²) in [4.78, 5) is 15.2. The monoisotopic (exact) mass is 381 g/mol. The molecule has 2 heterocycles. The SMILES string of the molecule is Cc1onc(-c2ccccc2Cl)c1C(=O)NC1CCN(c2ccccc2)C1. The number of para-hydroxylation sites is 1. The van der Waals surface area contributed by atoms with Crippen LogP contribution in [0.4, 0.5) is 5.69 Å². The third kappa shape index (κ3) is 3.55. The minimum absolute atomic E-state index is 0.0751. The highest BCUT2D eigenvalue weighted by Crippen LogP contribution is 2.31. The second-order valence-electron chi connectivity index (χ2n) is 6.68. The molecule has 1 fully saturated rings. The molecule has 1 aromatic heterocycles. The highest BCUT2D eigenvalue weighted by molar-refractivity contribution is 6.33. The van der Waals surface area contributed by atoms with Crippen LogP contribution in [-0.4, -0.2) is 30.2 Å². The Morgan fingerprint density at radius 1 is 1.19 bits per heavy atom. The van der Waals surface area contributed by atoms with Crippen LogP contribution in [-0.2, 0) is 0 Å². The highest BCUT2D eigenvalue weighted by atomic mass is 35.5. The van der Waals surface area contributed by atoms with Gasteiger partial charge in [0.05, 0.1) is 5.02 Å². The number of hydrogen-bond donors (Lipinski definition) is 1. The standard InChI is InChI=1S/C21H20ClN3O2/c1-14-19(20(24-27-14)17-9-5-6-10-18(17)22)21(26)23-15-11-12-25(13-15)16-7-3-2-4-8-16/h2-10,15H,11-13H2,1H3,(H,23,26). The Morgan fingerprint density at radius 2 is 1.93 bits per heavy atom. The number of carbonyl (C=O) groups is 1. The summed E-state index contributed by atoms with van der Waals surface area (Å²) in [7, 11) is 0. The van der Waals surface area contributed by atoms with E-state index in [4.69, 9.17) is 16.1 Å². The number of rotatable bonds is 4. The number of halogens is 1. The van der Waals surface area contributed by atoms with Gasteiger partial charge in [0.1, 0.15) is 17.0 Å². The van der Waals surface area contributed by atoms with Crippen LogP contribution in [0.25, 0.3) is 11.3 Å². The molecule has 1 aliphatic rings. The zero-order valence-corrected chi connectivity index (χ0v) is 15.7. The fourth-order valence-electron chi connectivity index (χ4n) is 3.49. The Balaban J connectivity index is 1.52. The zero-order valence-electron chi connectivity index (χ0n) is 15.0. The molecule has 0 spiro atoms. The van der Waals surface area contributed by atoms with Gasteiger partial charge in [0.2, 0.25) is 0 Å². The molecule has 0 aliphatic carbocycles. The summed E-state index contributed by atoms with van der Waals surface area (Å²) in [6, 6.07) is 17.6. The van der Waals surface area contributed by atoms with Gasteiger partial charge in [0.15, 0.2) is 0 Å². The van der Waals surface area contributed by atoms with E-state index in [1.807, 2.05) is 36.4 Å². The Bertz CT molecular complexity index is 955. The molecule has 6 heteroatoms. The van der Waals surface area contributed by atoms with Crippen LogP contribution in [0.2, 0.25) is 5.02 Å². The van der Waals surface area contributed by atoms with Gasteiger partial charge in [-0.2, -0.15) is 0 Å². The van der Waals surface area contributed by atoms with Crippen molar-refractivity contribution in [2.75, 3.05) is 18.0 Å². The average molecular weight is 382 g/mol. The van der Waals surface area contributed by atoms with E-state index in [2.05, 4.69) is 27.5 Å². The van der Waals surface area contributed by atoms with Crippen molar-refractivity contribution in [1.82, 2.24) is 10.5 Å². The quantitative estimate of drug-likeness (QED) is 0.731. The van der Waals surface area contributed by atoms with Gasteiger partial charge in [-0.1, -0.05) is 53.2 Å². The second kappa shape index (κ2) is 7.45. The Labute approximate surface area is 162 Å². The Hall–Kier alpha value is -2.79. The van der Waals surface area contributed by atoms with E-state index in [-0.39, 0.29) is 11.9 Å². The molecule has 4 rings (SSSR count). The lowest BCUT2D eigenvalue weighted by molar-refractivity contribution is 0.0939. The predicted octanol–water partition coefficient (Wildman–Crippen LogP) is 4.31. The van der Waals surface area contributed by atoms with Crippen molar-refractivity contribution in [3.05, 3.63) is 70.9 Å². The van der Waals surface area contributed by atoms with Crippen LogP contribution in [0, 0.1) is 6.92 Å². The fourth-order valence-corrected chi connectivity index (χ4v) is 3.71. The predicted molar refractivity (Wildman–Crippen MR) is 106 cm³/mol. The van der Waals surface area contributed by atoms with Gasteiger partial charge in [0, 0.05) is 30.4 Å². The molecular formula is C21H20ClN3O2. The largest absolute Gasteiger partial charge is 0.369 e. The number of hydrogen-bond acceptors (Lipinski definition) is 4. The smallest absolute Gasteiger partial charge is 0.257 e. The van der Waals surface area contributed by atoms with Crippen LogP contribution < -0.4 is 10.2 Å². The number of carbonyl (C=O) groups excluding carboxylic acids is 1. The first-order valence-electron chi connectivity index (χ1n) is 8.95. The van der Waals surface area contributed by atoms with E-state index in [0.29, 0.717) is 27.6 Å². The number of nitrogens with zero attached hydrogens (tertiary/aromatic N) is 2. The lowest BCUT2D eigenvalue weighted by Crippen LogP contribution is -2.37. The topological polar surface area (TPSA) is 58.4 Å². The van der Waals surface area contributed by atoms with E-state index < -0.39 is 0 Å². The number of anilines is 1. The number of nitrogens with one attached hydrogen (secondary N) is 1. The summed E-state index contributed by atoms with van der Waals surface area (Å²) in [5.41, 5.74) is 2.79. The third-order valence-corrected chi connectivity index (χ3v) is 5.19. The van der Waals surface area contributed by atoms with Gasteiger partial charge in [-0.3, -0.25) is 4.79 Å². The maximum absolute atomic E-state index is 13.0. The summed E-state index contributed by atoms with van der Waals surface area (Å²) in [6.45, 7) is 3.43. The van der Waals surface area contributed by atoms with E-state index in [1.165, 1.54) is 5.69 Å². The van der Waals surface area contributed by atoms with Gasteiger partial charge >= 0.3 is 0 Å². The Kier molecular flexibility index (Phi) is 4.86. The molecule has 5 nitrogen and oxygen atoms in total. The number of benzene rings is 2. The molecule has 1 saturated heterocycles. The van der Waals surface area contributed by atoms with Gasteiger partial charge < -0.3 is 14.7 Å². The third-order valence-electron chi connectivity index (χ3n) is 4.86. The van der Waals surface area contributed by atoms with Crippen LogP contribution in [0.1, 0.15) is 22.5 Å².